The van der Waals surface area contributed by atoms with Crippen molar-refractivity contribution >= 4 is 11.6 Å². The van der Waals surface area contributed by atoms with E-state index in [9.17, 15) is 0 Å². The zero-order valence-corrected chi connectivity index (χ0v) is 6.98. The van der Waals surface area contributed by atoms with Gasteiger partial charge in [-0.3, -0.25) is 0 Å². The van der Waals surface area contributed by atoms with E-state index in [1.165, 1.54) is 0 Å². The Morgan fingerprint density at radius 1 is 1.73 bits per heavy atom. The van der Waals surface area contributed by atoms with Crippen molar-refractivity contribution in [3.05, 3.63) is 28.8 Å². The first-order valence-electron chi connectivity index (χ1n) is 3.22. The molecule has 0 fully saturated rings. The number of hydrogen-bond acceptors (Lipinski definition) is 2. The first kappa shape index (κ1) is 8.37. The van der Waals surface area contributed by atoms with E-state index in [-0.39, 0.29) is 0 Å². The highest BCUT2D eigenvalue weighted by Gasteiger charge is 2.04. The molecule has 1 aromatic rings. The molecule has 0 heterocycles. The number of benzene rings is 1. The minimum Gasteiger partial charge on any atom is -0.496 e. The topological polar surface area (TPSA) is 35.2 Å². The lowest BCUT2D eigenvalue weighted by molar-refractivity contribution is 0.409. The fourth-order valence-electron chi connectivity index (χ4n) is 0.859. The lowest BCUT2D eigenvalue weighted by atomic mass is 10.2. The van der Waals surface area contributed by atoms with Crippen molar-refractivity contribution in [2.45, 2.75) is 6.54 Å². The van der Waals surface area contributed by atoms with Gasteiger partial charge in [-0.25, -0.2) is 0 Å². The van der Waals surface area contributed by atoms with Crippen LogP contribution >= 0.6 is 11.6 Å². The second kappa shape index (κ2) is 3.60. The molecule has 0 aliphatic heterocycles. The molecule has 0 bridgehead atoms. The van der Waals surface area contributed by atoms with Crippen LogP contribution in [0.4, 0.5) is 0 Å². The van der Waals surface area contributed by atoms with Crippen molar-refractivity contribution in [3.8, 4) is 5.75 Å². The Morgan fingerprint density at radius 2 is 2.45 bits per heavy atom. The largest absolute Gasteiger partial charge is 0.496 e. The Hall–Kier alpha value is -0.730. The molecule has 2 nitrogen and oxygen atoms in total. The second-order valence-electron chi connectivity index (χ2n) is 2.04. The summed E-state index contributed by atoms with van der Waals surface area (Å²) in [6.45, 7) is 0.374. The van der Waals surface area contributed by atoms with Crippen molar-refractivity contribution in [3.63, 3.8) is 0 Å². The molecule has 2 N–H and O–H groups in total. The van der Waals surface area contributed by atoms with E-state index >= 15 is 0 Å². The summed E-state index contributed by atoms with van der Waals surface area (Å²) in [6.07, 6.45) is 0. The van der Waals surface area contributed by atoms with Gasteiger partial charge in [-0.05, 0) is 12.1 Å². The Balaban J connectivity index is 3.13. The number of methoxy groups -OCH3 is 1. The summed E-state index contributed by atoms with van der Waals surface area (Å²) in [5.41, 5.74) is 6.25. The predicted octanol–water partition coefficient (Wildman–Crippen LogP) is 1.61. The van der Waals surface area contributed by atoms with Crippen molar-refractivity contribution in [2.75, 3.05) is 7.11 Å². The second-order valence-corrected chi connectivity index (χ2v) is 2.45. The zero-order valence-electron chi connectivity index (χ0n) is 6.23. The third-order valence-electron chi connectivity index (χ3n) is 1.41. The molecule has 1 aromatic carbocycles. The predicted molar refractivity (Wildman–Crippen MR) is 44.7 cm³/mol. The summed E-state index contributed by atoms with van der Waals surface area (Å²) >= 11 is 5.83. The van der Waals surface area contributed by atoms with Gasteiger partial charge in [0.25, 0.3) is 0 Å². The van der Waals surface area contributed by atoms with Gasteiger partial charge in [0.1, 0.15) is 5.75 Å². The molecule has 11 heavy (non-hydrogen) atoms. The van der Waals surface area contributed by atoms with E-state index in [0.717, 1.165) is 5.56 Å². The number of halogens is 1. The maximum absolute atomic E-state index is 5.83. The number of nitrogens with two attached hydrogens (primary N) is 1. The minimum atomic E-state index is 0.374. The van der Waals surface area contributed by atoms with Gasteiger partial charge in [0, 0.05) is 23.2 Å². The SMILES string of the molecule is COc1[c]ccc(Cl)c1CN. The van der Waals surface area contributed by atoms with Gasteiger partial charge >= 0.3 is 0 Å². The molecule has 0 aliphatic rings. The van der Waals surface area contributed by atoms with Gasteiger partial charge in [0.05, 0.1) is 7.11 Å². The van der Waals surface area contributed by atoms with Crippen LogP contribution < -0.4 is 10.5 Å². The van der Waals surface area contributed by atoms with Crippen molar-refractivity contribution in [2.24, 2.45) is 5.73 Å². The molecule has 0 saturated heterocycles. The van der Waals surface area contributed by atoms with Gasteiger partial charge in [0.15, 0.2) is 0 Å². The van der Waals surface area contributed by atoms with E-state index in [1.54, 1.807) is 19.2 Å². The smallest absolute Gasteiger partial charge is 0.132 e. The summed E-state index contributed by atoms with van der Waals surface area (Å²) in [5.74, 6) is 0.625. The van der Waals surface area contributed by atoms with Gasteiger partial charge in [0.2, 0.25) is 0 Å². The van der Waals surface area contributed by atoms with E-state index in [1.807, 2.05) is 0 Å². The van der Waals surface area contributed by atoms with Crippen molar-refractivity contribution in [1.82, 2.24) is 0 Å². The first-order valence-corrected chi connectivity index (χ1v) is 3.60. The maximum Gasteiger partial charge on any atom is 0.132 e. The van der Waals surface area contributed by atoms with Crippen LogP contribution in [0, 0.1) is 6.07 Å². The van der Waals surface area contributed by atoms with Crippen LogP contribution in [0.1, 0.15) is 5.56 Å². The molecule has 3 heteroatoms. The van der Waals surface area contributed by atoms with E-state index in [4.69, 9.17) is 22.1 Å². The van der Waals surface area contributed by atoms with Crippen molar-refractivity contribution in [1.29, 1.82) is 0 Å². The molecule has 59 valence electrons. The molecule has 0 unspecified atom stereocenters. The molecule has 0 amide bonds. The lowest BCUT2D eigenvalue weighted by Crippen LogP contribution is -2.00. The van der Waals surface area contributed by atoms with Crippen LogP contribution in [0.2, 0.25) is 5.02 Å². The summed E-state index contributed by atoms with van der Waals surface area (Å²) in [5, 5.41) is 0.628. The quantitative estimate of drug-likeness (QED) is 0.732. The van der Waals surface area contributed by atoms with Crippen LogP contribution in [-0.4, -0.2) is 7.11 Å². The molecule has 0 spiro atoms. The normalized spacial score (nSPS) is 9.73. The first-order chi connectivity index (χ1) is 5.29. The highest BCUT2D eigenvalue weighted by atomic mass is 35.5. The molecule has 1 radical (unpaired) electrons. The third kappa shape index (κ3) is 1.64. The summed E-state index contributed by atoms with van der Waals surface area (Å²) < 4.78 is 5.00. The number of rotatable bonds is 2. The highest BCUT2D eigenvalue weighted by Crippen LogP contribution is 2.24. The average Bonchev–Trinajstić information content (AvgIpc) is 2.04. The third-order valence-corrected chi connectivity index (χ3v) is 1.77. The fourth-order valence-corrected chi connectivity index (χ4v) is 1.08. The van der Waals surface area contributed by atoms with Crippen LogP contribution in [0.25, 0.3) is 0 Å². The van der Waals surface area contributed by atoms with Crippen LogP contribution in [0.5, 0.6) is 5.75 Å². The number of hydrogen-bond donors (Lipinski definition) is 1. The zero-order chi connectivity index (χ0) is 8.27. The van der Waals surface area contributed by atoms with Crippen LogP contribution in [0.3, 0.4) is 0 Å². The van der Waals surface area contributed by atoms with Gasteiger partial charge < -0.3 is 10.5 Å². The number of ether oxygens (including phenoxy) is 1. The van der Waals surface area contributed by atoms with E-state index in [0.29, 0.717) is 17.3 Å². The molecule has 1 rings (SSSR count). The summed E-state index contributed by atoms with van der Waals surface area (Å²) in [4.78, 5) is 0. The van der Waals surface area contributed by atoms with E-state index in [2.05, 4.69) is 6.07 Å². The van der Waals surface area contributed by atoms with Gasteiger partial charge in [-0.1, -0.05) is 11.6 Å². The lowest BCUT2D eigenvalue weighted by Gasteiger charge is -2.06. The summed E-state index contributed by atoms with van der Waals surface area (Å²) in [7, 11) is 1.57. The maximum atomic E-state index is 5.83. The average molecular weight is 171 g/mol. The highest BCUT2D eigenvalue weighted by molar-refractivity contribution is 6.31. The standard InChI is InChI=1S/C8H9ClNO/c1-11-8-4-2-3-7(9)6(8)5-10/h2-3H,5,10H2,1H3. The monoisotopic (exact) mass is 170 g/mol. The Kier molecular flexibility index (Phi) is 2.74. The fraction of sp³-hybridized carbons (Fsp3) is 0.250. The van der Waals surface area contributed by atoms with Crippen LogP contribution in [-0.2, 0) is 6.54 Å². The van der Waals surface area contributed by atoms with Crippen LogP contribution in [0.15, 0.2) is 12.1 Å². The Bertz CT molecular complexity index is 250. The Morgan fingerprint density at radius 3 is 2.91 bits per heavy atom. The summed E-state index contributed by atoms with van der Waals surface area (Å²) in [6, 6.07) is 6.34. The van der Waals surface area contributed by atoms with Gasteiger partial charge in [-0.2, -0.15) is 0 Å². The molecule has 0 aromatic heterocycles. The Labute approximate surface area is 70.9 Å². The van der Waals surface area contributed by atoms with Crippen molar-refractivity contribution < 1.29 is 4.74 Å². The minimum absolute atomic E-state index is 0.374. The van der Waals surface area contributed by atoms with E-state index < -0.39 is 0 Å². The van der Waals surface area contributed by atoms with Gasteiger partial charge in [-0.15, -0.1) is 0 Å². The molecule has 0 atom stereocenters. The molecular weight excluding hydrogens is 162 g/mol. The molecule has 0 saturated carbocycles. The molecular formula is C8H9ClNO. The molecule has 0 aliphatic carbocycles.